The molecule has 0 radical (unpaired) electrons. The Bertz CT molecular complexity index is 911. The molecule has 0 unspecified atom stereocenters. The standard InChI is InChI=1S/C20H22ClNO4S/c1-20(2,26-16-10-8-15(21)9-11-16)19(23)22-13-12-18(14-22)27(24,25)17-6-4-3-5-7-17/h3-11,18H,12-14H2,1-2H3/t18-/m0/s1. The lowest BCUT2D eigenvalue weighted by Gasteiger charge is -2.30. The van der Waals surface area contributed by atoms with Crippen molar-refractivity contribution in [2.24, 2.45) is 0 Å². The molecule has 2 aromatic rings. The van der Waals surface area contributed by atoms with Gasteiger partial charge in [0.25, 0.3) is 5.91 Å². The summed E-state index contributed by atoms with van der Waals surface area (Å²) in [6.45, 7) is 3.93. The molecule has 144 valence electrons. The van der Waals surface area contributed by atoms with Gasteiger partial charge < -0.3 is 9.64 Å². The molecule has 0 spiro atoms. The van der Waals surface area contributed by atoms with Crippen molar-refractivity contribution in [1.82, 2.24) is 4.90 Å². The first-order valence-electron chi connectivity index (χ1n) is 8.73. The SMILES string of the molecule is CC(C)(Oc1ccc(Cl)cc1)C(=O)N1CC[C@H](S(=O)(=O)c2ccccc2)C1. The first-order chi connectivity index (χ1) is 12.7. The average molecular weight is 408 g/mol. The summed E-state index contributed by atoms with van der Waals surface area (Å²) in [6, 6.07) is 15.1. The molecule has 1 saturated heterocycles. The maximum absolute atomic E-state index is 12.9. The van der Waals surface area contributed by atoms with Gasteiger partial charge in [-0.05, 0) is 56.7 Å². The van der Waals surface area contributed by atoms with Gasteiger partial charge >= 0.3 is 0 Å². The lowest BCUT2D eigenvalue weighted by atomic mass is 10.1. The number of ether oxygens (including phenoxy) is 1. The molecule has 0 N–H and O–H groups in total. The zero-order chi connectivity index (χ0) is 19.7. The summed E-state index contributed by atoms with van der Waals surface area (Å²) in [5, 5.41) is -0.0184. The number of benzene rings is 2. The van der Waals surface area contributed by atoms with E-state index in [0.29, 0.717) is 28.6 Å². The van der Waals surface area contributed by atoms with Crippen LogP contribution in [0.5, 0.6) is 5.75 Å². The van der Waals surface area contributed by atoms with Gasteiger partial charge in [-0.2, -0.15) is 0 Å². The molecule has 1 atom stereocenters. The Balaban J connectivity index is 1.70. The molecule has 0 bridgehead atoms. The molecule has 0 aliphatic carbocycles. The first-order valence-corrected chi connectivity index (χ1v) is 10.7. The highest BCUT2D eigenvalue weighted by Crippen LogP contribution is 2.27. The zero-order valence-corrected chi connectivity index (χ0v) is 16.8. The van der Waals surface area contributed by atoms with Crippen LogP contribution in [0.25, 0.3) is 0 Å². The van der Waals surface area contributed by atoms with Crippen molar-refractivity contribution in [2.45, 2.75) is 36.0 Å². The first kappa shape index (κ1) is 19.7. The third kappa shape index (κ3) is 4.28. The van der Waals surface area contributed by atoms with E-state index < -0.39 is 20.7 Å². The second kappa shape index (κ2) is 7.52. The summed E-state index contributed by atoms with van der Waals surface area (Å²) in [7, 11) is -3.46. The number of hydrogen-bond acceptors (Lipinski definition) is 4. The number of sulfone groups is 1. The molecule has 1 aliphatic heterocycles. The Morgan fingerprint density at radius 2 is 1.74 bits per heavy atom. The minimum Gasteiger partial charge on any atom is -0.478 e. The van der Waals surface area contributed by atoms with E-state index in [1.54, 1.807) is 73.3 Å². The van der Waals surface area contributed by atoms with Crippen molar-refractivity contribution in [3.63, 3.8) is 0 Å². The van der Waals surface area contributed by atoms with Gasteiger partial charge in [0.2, 0.25) is 0 Å². The Morgan fingerprint density at radius 3 is 2.37 bits per heavy atom. The maximum atomic E-state index is 12.9. The van der Waals surface area contributed by atoms with Crippen LogP contribution in [0.4, 0.5) is 0 Å². The largest absolute Gasteiger partial charge is 0.478 e. The topological polar surface area (TPSA) is 63.7 Å². The van der Waals surface area contributed by atoms with E-state index in [9.17, 15) is 13.2 Å². The van der Waals surface area contributed by atoms with Crippen LogP contribution >= 0.6 is 11.6 Å². The smallest absolute Gasteiger partial charge is 0.266 e. The molecule has 0 aromatic heterocycles. The Labute approximate surface area is 164 Å². The highest BCUT2D eigenvalue weighted by molar-refractivity contribution is 7.92. The van der Waals surface area contributed by atoms with Gasteiger partial charge in [-0.1, -0.05) is 29.8 Å². The number of nitrogens with zero attached hydrogens (tertiary/aromatic N) is 1. The molecule has 1 amide bonds. The van der Waals surface area contributed by atoms with Crippen molar-refractivity contribution >= 4 is 27.3 Å². The summed E-state index contributed by atoms with van der Waals surface area (Å²) >= 11 is 5.87. The van der Waals surface area contributed by atoms with Crippen LogP contribution in [0.1, 0.15) is 20.3 Å². The third-order valence-electron chi connectivity index (χ3n) is 4.64. The molecule has 1 aliphatic rings. The number of rotatable bonds is 5. The van der Waals surface area contributed by atoms with Crippen LogP contribution in [0, 0.1) is 0 Å². The second-order valence-corrected chi connectivity index (χ2v) is 9.75. The van der Waals surface area contributed by atoms with Gasteiger partial charge in [0.15, 0.2) is 15.4 Å². The van der Waals surface area contributed by atoms with Crippen molar-refractivity contribution < 1.29 is 17.9 Å². The zero-order valence-electron chi connectivity index (χ0n) is 15.3. The van der Waals surface area contributed by atoms with Crippen LogP contribution in [0.2, 0.25) is 5.02 Å². The highest BCUT2D eigenvalue weighted by Gasteiger charge is 2.41. The molecule has 0 saturated carbocycles. The fourth-order valence-corrected chi connectivity index (χ4v) is 5.03. The van der Waals surface area contributed by atoms with Crippen molar-refractivity contribution in [1.29, 1.82) is 0 Å². The van der Waals surface area contributed by atoms with E-state index in [1.807, 2.05) is 0 Å². The van der Waals surface area contributed by atoms with Gasteiger partial charge in [-0.15, -0.1) is 0 Å². The normalized spacial score (nSPS) is 17.7. The summed E-state index contributed by atoms with van der Waals surface area (Å²) < 4.78 is 31.4. The van der Waals surface area contributed by atoms with E-state index in [1.165, 1.54) is 0 Å². The van der Waals surface area contributed by atoms with E-state index in [2.05, 4.69) is 0 Å². The number of likely N-dealkylation sites (tertiary alicyclic amines) is 1. The predicted octanol–water partition coefficient (Wildman–Crippen LogP) is 3.57. The van der Waals surface area contributed by atoms with E-state index in [-0.39, 0.29) is 12.5 Å². The van der Waals surface area contributed by atoms with Crippen LogP contribution in [-0.4, -0.2) is 43.2 Å². The molecule has 1 fully saturated rings. The fourth-order valence-electron chi connectivity index (χ4n) is 3.19. The molecular formula is C20H22ClNO4S. The number of carbonyl (C=O) groups is 1. The maximum Gasteiger partial charge on any atom is 0.266 e. The molecule has 27 heavy (non-hydrogen) atoms. The van der Waals surface area contributed by atoms with Gasteiger partial charge in [0, 0.05) is 18.1 Å². The second-order valence-electron chi connectivity index (χ2n) is 7.09. The minimum absolute atomic E-state index is 0.170. The summed E-state index contributed by atoms with van der Waals surface area (Å²) in [4.78, 5) is 14.8. The predicted molar refractivity (Wildman–Crippen MR) is 105 cm³/mol. The molecule has 7 heteroatoms. The lowest BCUT2D eigenvalue weighted by Crippen LogP contribution is -2.48. The lowest BCUT2D eigenvalue weighted by molar-refractivity contribution is -0.144. The van der Waals surface area contributed by atoms with Crippen LogP contribution < -0.4 is 4.74 Å². The summed E-state index contributed by atoms with van der Waals surface area (Å²) in [5.74, 6) is 0.300. The third-order valence-corrected chi connectivity index (χ3v) is 7.09. The molecule has 2 aromatic carbocycles. The Morgan fingerprint density at radius 1 is 1.11 bits per heavy atom. The molecule has 5 nitrogen and oxygen atoms in total. The fraction of sp³-hybridized carbons (Fsp3) is 0.350. The van der Waals surface area contributed by atoms with Gasteiger partial charge in [0.05, 0.1) is 10.1 Å². The summed E-state index contributed by atoms with van der Waals surface area (Å²) in [6.07, 6.45) is 0.417. The van der Waals surface area contributed by atoms with E-state index in [4.69, 9.17) is 16.3 Å². The average Bonchev–Trinajstić information content (AvgIpc) is 3.14. The summed E-state index contributed by atoms with van der Waals surface area (Å²) in [5.41, 5.74) is -1.11. The Hall–Kier alpha value is -2.05. The van der Waals surface area contributed by atoms with Crippen molar-refractivity contribution in [3.8, 4) is 5.75 Å². The number of amides is 1. The number of hydrogen-bond donors (Lipinski definition) is 0. The molecule has 1 heterocycles. The van der Waals surface area contributed by atoms with E-state index >= 15 is 0 Å². The minimum atomic E-state index is -3.46. The van der Waals surface area contributed by atoms with Crippen LogP contribution in [-0.2, 0) is 14.6 Å². The van der Waals surface area contributed by atoms with Crippen molar-refractivity contribution in [3.05, 3.63) is 59.6 Å². The Kier molecular flexibility index (Phi) is 5.49. The van der Waals surface area contributed by atoms with Crippen LogP contribution in [0.15, 0.2) is 59.5 Å². The van der Waals surface area contributed by atoms with Crippen LogP contribution in [0.3, 0.4) is 0 Å². The number of carbonyl (C=O) groups excluding carboxylic acids is 1. The highest BCUT2D eigenvalue weighted by atomic mass is 35.5. The van der Waals surface area contributed by atoms with Gasteiger partial charge in [0.1, 0.15) is 5.75 Å². The van der Waals surface area contributed by atoms with Crippen molar-refractivity contribution in [2.75, 3.05) is 13.1 Å². The molecular weight excluding hydrogens is 386 g/mol. The van der Waals surface area contributed by atoms with Gasteiger partial charge in [-0.25, -0.2) is 8.42 Å². The monoisotopic (exact) mass is 407 g/mol. The number of halogens is 1. The van der Waals surface area contributed by atoms with E-state index in [0.717, 1.165) is 0 Å². The molecule has 3 rings (SSSR count). The van der Waals surface area contributed by atoms with Gasteiger partial charge in [-0.3, -0.25) is 4.79 Å². The quantitative estimate of drug-likeness (QED) is 0.760.